The molecule has 1 aromatic heterocycles. The molecule has 2 fully saturated rings. The van der Waals surface area contributed by atoms with Gasteiger partial charge in [-0.05, 0) is 30.9 Å². The SMILES string of the molecule is O=c1cc(N2CCOCC2)nc(N2CCCCC[C@@H]2Cc2cccc(F)c2F)[nH]1. The van der Waals surface area contributed by atoms with E-state index >= 15 is 0 Å². The maximum absolute atomic E-state index is 14.3. The number of aromatic amines is 1. The summed E-state index contributed by atoms with van der Waals surface area (Å²) in [6, 6.07) is 5.75. The maximum Gasteiger partial charge on any atom is 0.254 e. The second-order valence-corrected chi connectivity index (χ2v) is 7.64. The Kier molecular flexibility index (Phi) is 6.08. The third-order valence-electron chi connectivity index (χ3n) is 5.69. The zero-order chi connectivity index (χ0) is 20.2. The lowest BCUT2D eigenvalue weighted by Crippen LogP contribution is -2.41. The van der Waals surface area contributed by atoms with Crippen LogP contribution in [0.5, 0.6) is 0 Å². The Morgan fingerprint density at radius 2 is 1.97 bits per heavy atom. The molecule has 0 radical (unpaired) electrons. The fraction of sp³-hybridized carbons (Fsp3) is 0.524. The van der Waals surface area contributed by atoms with Crippen molar-refractivity contribution in [1.29, 1.82) is 0 Å². The third kappa shape index (κ3) is 4.58. The van der Waals surface area contributed by atoms with Gasteiger partial charge in [-0.25, -0.2) is 8.78 Å². The van der Waals surface area contributed by atoms with Crippen molar-refractivity contribution >= 4 is 11.8 Å². The first kappa shape index (κ1) is 19.8. The lowest BCUT2D eigenvalue weighted by molar-refractivity contribution is 0.122. The van der Waals surface area contributed by atoms with Crippen molar-refractivity contribution in [3.8, 4) is 0 Å². The van der Waals surface area contributed by atoms with Crippen LogP contribution in [0, 0.1) is 11.6 Å². The molecule has 3 heterocycles. The molecule has 2 aliphatic rings. The first-order valence-corrected chi connectivity index (χ1v) is 10.3. The van der Waals surface area contributed by atoms with Gasteiger partial charge in [-0.2, -0.15) is 4.98 Å². The van der Waals surface area contributed by atoms with Crippen LogP contribution in [0.2, 0.25) is 0 Å². The van der Waals surface area contributed by atoms with Gasteiger partial charge >= 0.3 is 0 Å². The molecule has 0 bridgehead atoms. The number of hydrogen-bond donors (Lipinski definition) is 1. The third-order valence-corrected chi connectivity index (χ3v) is 5.69. The first-order chi connectivity index (χ1) is 14.1. The van der Waals surface area contributed by atoms with Crippen LogP contribution in [0.3, 0.4) is 0 Å². The first-order valence-electron chi connectivity index (χ1n) is 10.3. The van der Waals surface area contributed by atoms with E-state index in [2.05, 4.69) is 9.88 Å². The highest BCUT2D eigenvalue weighted by molar-refractivity contribution is 5.45. The van der Waals surface area contributed by atoms with E-state index in [9.17, 15) is 13.6 Å². The van der Waals surface area contributed by atoms with Crippen LogP contribution in [0.4, 0.5) is 20.5 Å². The number of rotatable bonds is 4. The maximum atomic E-state index is 14.3. The smallest absolute Gasteiger partial charge is 0.254 e. The molecule has 1 atom stereocenters. The van der Waals surface area contributed by atoms with Crippen molar-refractivity contribution in [3.05, 3.63) is 51.8 Å². The molecular formula is C21H26F2N4O2. The Hall–Kier alpha value is -2.48. The molecule has 1 N–H and O–H groups in total. The molecule has 2 aliphatic heterocycles. The van der Waals surface area contributed by atoms with Gasteiger partial charge in [0, 0.05) is 31.7 Å². The van der Waals surface area contributed by atoms with Crippen LogP contribution in [-0.2, 0) is 11.2 Å². The highest BCUT2D eigenvalue weighted by Crippen LogP contribution is 2.26. The monoisotopic (exact) mass is 404 g/mol. The summed E-state index contributed by atoms with van der Waals surface area (Å²) in [7, 11) is 0. The minimum Gasteiger partial charge on any atom is -0.378 e. The number of benzene rings is 1. The number of morpholine rings is 1. The Labute approximate surface area is 168 Å². The van der Waals surface area contributed by atoms with Crippen molar-refractivity contribution in [2.45, 2.75) is 38.1 Å². The molecule has 0 amide bonds. The van der Waals surface area contributed by atoms with Gasteiger partial charge in [-0.3, -0.25) is 9.78 Å². The van der Waals surface area contributed by atoms with Crippen molar-refractivity contribution in [3.63, 3.8) is 0 Å². The quantitative estimate of drug-likeness (QED) is 0.849. The number of nitrogens with zero attached hydrogens (tertiary/aromatic N) is 3. The van der Waals surface area contributed by atoms with Gasteiger partial charge in [0.15, 0.2) is 11.6 Å². The highest BCUT2D eigenvalue weighted by atomic mass is 19.2. The standard InChI is InChI=1S/C21H26F2N4O2/c22-17-7-4-5-15(20(17)23)13-16-6-2-1-3-8-27(16)21-24-18(14-19(28)25-21)26-9-11-29-12-10-26/h4-5,7,14,16H,1-3,6,8-13H2,(H,24,25,28)/t16-/m1/s1. The summed E-state index contributed by atoms with van der Waals surface area (Å²) in [5.74, 6) is -0.488. The Bertz CT molecular complexity index is 898. The minimum absolute atomic E-state index is 0.0584. The topological polar surface area (TPSA) is 61.5 Å². The van der Waals surface area contributed by atoms with Gasteiger partial charge in [-0.15, -0.1) is 0 Å². The molecule has 2 saturated heterocycles. The largest absolute Gasteiger partial charge is 0.378 e. The van der Waals surface area contributed by atoms with Gasteiger partial charge in [0.25, 0.3) is 5.56 Å². The molecule has 29 heavy (non-hydrogen) atoms. The predicted molar refractivity (Wildman–Crippen MR) is 108 cm³/mol. The number of H-pyrrole nitrogens is 1. The molecule has 2 aromatic rings. The lowest BCUT2D eigenvalue weighted by atomic mass is 10.0. The Morgan fingerprint density at radius 3 is 2.79 bits per heavy atom. The van der Waals surface area contributed by atoms with Crippen LogP contribution >= 0.6 is 0 Å². The Balaban J connectivity index is 1.64. The van der Waals surface area contributed by atoms with E-state index in [1.807, 2.05) is 4.90 Å². The average molecular weight is 404 g/mol. The fourth-order valence-corrected chi connectivity index (χ4v) is 4.15. The second-order valence-electron chi connectivity index (χ2n) is 7.64. The van der Waals surface area contributed by atoms with Gasteiger partial charge in [-0.1, -0.05) is 25.0 Å². The van der Waals surface area contributed by atoms with E-state index < -0.39 is 11.6 Å². The van der Waals surface area contributed by atoms with E-state index in [0.717, 1.165) is 38.3 Å². The summed E-state index contributed by atoms with van der Waals surface area (Å²) in [5, 5.41) is 0. The summed E-state index contributed by atoms with van der Waals surface area (Å²) < 4.78 is 33.3. The van der Waals surface area contributed by atoms with Crippen molar-refractivity contribution in [1.82, 2.24) is 9.97 Å². The van der Waals surface area contributed by atoms with Crippen LogP contribution < -0.4 is 15.4 Å². The summed E-state index contributed by atoms with van der Waals surface area (Å²) in [6.07, 6.45) is 4.24. The van der Waals surface area contributed by atoms with Crippen LogP contribution in [0.25, 0.3) is 0 Å². The van der Waals surface area contributed by atoms with Gasteiger partial charge in [0.2, 0.25) is 5.95 Å². The number of aromatic nitrogens is 2. The second kappa shape index (κ2) is 8.90. The highest BCUT2D eigenvalue weighted by Gasteiger charge is 2.26. The normalized spacial score (nSPS) is 20.6. The van der Waals surface area contributed by atoms with E-state index in [4.69, 9.17) is 9.72 Å². The van der Waals surface area contributed by atoms with E-state index in [0.29, 0.717) is 50.1 Å². The zero-order valence-electron chi connectivity index (χ0n) is 16.4. The number of nitrogens with one attached hydrogen (secondary N) is 1. The summed E-state index contributed by atoms with van der Waals surface area (Å²) in [5.41, 5.74) is 0.144. The summed E-state index contributed by atoms with van der Waals surface area (Å²) in [4.78, 5) is 24.0. The van der Waals surface area contributed by atoms with Crippen molar-refractivity contribution in [2.75, 3.05) is 42.6 Å². The summed E-state index contributed by atoms with van der Waals surface area (Å²) >= 11 is 0. The predicted octanol–water partition coefficient (Wildman–Crippen LogP) is 2.88. The molecule has 8 heteroatoms. The fourth-order valence-electron chi connectivity index (χ4n) is 4.15. The van der Waals surface area contributed by atoms with E-state index in [-0.39, 0.29) is 11.6 Å². The number of hydrogen-bond acceptors (Lipinski definition) is 5. The molecular weight excluding hydrogens is 378 g/mol. The van der Waals surface area contributed by atoms with E-state index in [1.165, 1.54) is 12.1 Å². The molecule has 6 nitrogen and oxygen atoms in total. The van der Waals surface area contributed by atoms with Crippen molar-refractivity contribution < 1.29 is 13.5 Å². The Morgan fingerprint density at radius 1 is 1.14 bits per heavy atom. The van der Waals surface area contributed by atoms with Crippen LogP contribution in [0.15, 0.2) is 29.1 Å². The molecule has 1 aromatic carbocycles. The molecule has 0 unspecified atom stereocenters. The van der Waals surface area contributed by atoms with Crippen LogP contribution in [0.1, 0.15) is 31.2 Å². The molecule has 156 valence electrons. The zero-order valence-corrected chi connectivity index (χ0v) is 16.4. The molecule has 4 rings (SSSR count). The molecule has 0 aliphatic carbocycles. The van der Waals surface area contributed by atoms with E-state index in [1.54, 1.807) is 6.07 Å². The lowest BCUT2D eigenvalue weighted by Gasteiger charge is -2.32. The molecule has 0 spiro atoms. The van der Waals surface area contributed by atoms with Crippen LogP contribution in [-0.4, -0.2) is 48.9 Å². The average Bonchev–Trinajstić information content (AvgIpc) is 2.97. The number of halogens is 2. The number of ether oxygens (including phenoxy) is 1. The van der Waals surface area contributed by atoms with Gasteiger partial charge in [0.05, 0.1) is 13.2 Å². The number of anilines is 2. The van der Waals surface area contributed by atoms with Gasteiger partial charge < -0.3 is 14.5 Å². The van der Waals surface area contributed by atoms with Crippen molar-refractivity contribution in [2.24, 2.45) is 0 Å². The van der Waals surface area contributed by atoms with Gasteiger partial charge in [0.1, 0.15) is 5.82 Å². The summed E-state index contributed by atoms with van der Waals surface area (Å²) in [6.45, 7) is 3.31. The molecule has 0 saturated carbocycles. The minimum atomic E-state index is -0.830.